The molecule has 0 bridgehead atoms. The minimum absolute atomic E-state index is 0.261. The van der Waals surface area contributed by atoms with Crippen LogP contribution in [0.3, 0.4) is 0 Å². The van der Waals surface area contributed by atoms with E-state index >= 15 is 0 Å². The Labute approximate surface area is 220 Å². The fraction of sp³-hybridized carbons (Fsp3) is 0.0645. The lowest BCUT2D eigenvalue weighted by atomic mass is 10.1. The van der Waals surface area contributed by atoms with E-state index in [4.69, 9.17) is 14.5 Å². The normalized spacial score (nSPS) is 13.8. The third-order valence-corrected chi connectivity index (χ3v) is 6.06. The Bertz CT molecular complexity index is 1530. The second-order valence-corrected chi connectivity index (χ2v) is 8.44. The van der Waals surface area contributed by atoms with Gasteiger partial charge in [-0.2, -0.15) is 0 Å². The van der Waals surface area contributed by atoms with Crippen molar-refractivity contribution in [2.45, 2.75) is 0 Å². The van der Waals surface area contributed by atoms with E-state index in [2.05, 4.69) is 5.32 Å². The fourth-order valence-electron chi connectivity index (χ4n) is 4.11. The zero-order valence-corrected chi connectivity index (χ0v) is 20.9. The Morgan fingerprint density at radius 1 is 0.816 bits per heavy atom. The molecule has 0 saturated carbocycles. The molecule has 0 spiro atoms. The van der Waals surface area contributed by atoms with Gasteiger partial charge >= 0.3 is 0 Å². The highest BCUT2D eigenvalue weighted by Crippen LogP contribution is 2.30. The van der Waals surface area contributed by atoms with Gasteiger partial charge in [-0.3, -0.25) is 14.5 Å². The van der Waals surface area contributed by atoms with Crippen molar-refractivity contribution in [3.8, 4) is 11.5 Å². The summed E-state index contributed by atoms with van der Waals surface area (Å²) in [6, 6.07) is 30.9. The molecule has 0 aliphatic carbocycles. The summed E-state index contributed by atoms with van der Waals surface area (Å²) < 4.78 is 10.6. The summed E-state index contributed by atoms with van der Waals surface area (Å²) in [7, 11) is 3.18. The second kappa shape index (κ2) is 10.8. The zero-order chi connectivity index (χ0) is 26.5. The number of amidine groups is 1. The van der Waals surface area contributed by atoms with Crippen LogP contribution in [0.25, 0.3) is 6.08 Å². The number of hydrogen-bond acceptors (Lipinski definition) is 5. The predicted octanol–water partition coefficient (Wildman–Crippen LogP) is 5.79. The van der Waals surface area contributed by atoms with E-state index < -0.39 is 0 Å². The molecule has 0 radical (unpaired) electrons. The minimum Gasteiger partial charge on any atom is -0.497 e. The van der Waals surface area contributed by atoms with Crippen molar-refractivity contribution in [1.29, 1.82) is 0 Å². The summed E-state index contributed by atoms with van der Waals surface area (Å²) >= 11 is 0. The first kappa shape index (κ1) is 24.5. The van der Waals surface area contributed by atoms with E-state index in [0.29, 0.717) is 34.3 Å². The van der Waals surface area contributed by atoms with Gasteiger partial charge < -0.3 is 14.8 Å². The third kappa shape index (κ3) is 5.03. The van der Waals surface area contributed by atoms with Crippen molar-refractivity contribution in [2.75, 3.05) is 24.4 Å². The third-order valence-electron chi connectivity index (χ3n) is 6.06. The van der Waals surface area contributed by atoms with Crippen molar-refractivity contribution in [3.63, 3.8) is 0 Å². The molecule has 38 heavy (non-hydrogen) atoms. The Morgan fingerprint density at radius 2 is 1.50 bits per heavy atom. The van der Waals surface area contributed by atoms with Gasteiger partial charge in [-0.05, 0) is 60.7 Å². The number of anilines is 2. The highest BCUT2D eigenvalue weighted by atomic mass is 16.5. The fourth-order valence-corrected chi connectivity index (χ4v) is 4.11. The van der Waals surface area contributed by atoms with Gasteiger partial charge in [-0.1, -0.05) is 48.5 Å². The molecule has 7 nitrogen and oxygen atoms in total. The number of carbonyl (C=O) groups is 2. The van der Waals surface area contributed by atoms with Gasteiger partial charge in [0.05, 0.1) is 19.9 Å². The topological polar surface area (TPSA) is 80.2 Å². The maximum absolute atomic E-state index is 13.6. The summed E-state index contributed by atoms with van der Waals surface area (Å²) in [6.45, 7) is 0. The standard InChI is InChI=1S/C31H25N3O4/c1-37-26-18-14-24(15-19-26)32-30(35)22-12-16-25(17-13-22)34-29(21-8-4-3-5-9-21)33-27(31(34)36)20-23-10-6-7-11-28(23)38-2/h3-20H,1-2H3,(H,32,35). The van der Waals surface area contributed by atoms with Gasteiger partial charge in [0, 0.05) is 22.4 Å². The molecule has 5 rings (SSSR count). The minimum atomic E-state index is -0.273. The van der Waals surface area contributed by atoms with Crippen LogP contribution in [-0.2, 0) is 4.79 Å². The molecule has 2 amide bonds. The second-order valence-electron chi connectivity index (χ2n) is 8.44. The Balaban J connectivity index is 1.44. The average Bonchev–Trinajstić information content (AvgIpc) is 3.29. The van der Waals surface area contributed by atoms with E-state index in [1.54, 1.807) is 73.7 Å². The molecule has 0 aromatic heterocycles. The SMILES string of the molecule is COc1ccc(NC(=O)c2ccc(N3C(=O)C(=Cc4ccccc4OC)N=C3c3ccccc3)cc2)cc1. The van der Waals surface area contributed by atoms with Crippen LogP contribution in [0.1, 0.15) is 21.5 Å². The number of amides is 2. The van der Waals surface area contributed by atoms with Crippen molar-refractivity contribution < 1.29 is 19.1 Å². The average molecular weight is 504 g/mol. The quantitative estimate of drug-likeness (QED) is 0.324. The monoisotopic (exact) mass is 503 g/mol. The summed E-state index contributed by atoms with van der Waals surface area (Å²) in [6.07, 6.45) is 1.72. The van der Waals surface area contributed by atoms with Crippen molar-refractivity contribution in [1.82, 2.24) is 0 Å². The molecule has 4 aromatic rings. The zero-order valence-electron chi connectivity index (χ0n) is 20.9. The van der Waals surface area contributed by atoms with Gasteiger partial charge in [-0.15, -0.1) is 0 Å². The number of hydrogen-bond donors (Lipinski definition) is 1. The molecule has 0 unspecified atom stereocenters. The van der Waals surface area contributed by atoms with Crippen LogP contribution in [0.5, 0.6) is 11.5 Å². The first-order valence-corrected chi connectivity index (χ1v) is 12.0. The van der Waals surface area contributed by atoms with Crippen LogP contribution < -0.4 is 19.7 Å². The molecule has 4 aromatic carbocycles. The summed E-state index contributed by atoms with van der Waals surface area (Å²) in [5, 5.41) is 2.87. The first-order chi connectivity index (χ1) is 18.6. The number of nitrogens with one attached hydrogen (secondary N) is 1. The maximum atomic E-state index is 13.6. The lowest BCUT2D eigenvalue weighted by Gasteiger charge is -2.19. The van der Waals surface area contributed by atoms with E-state index in [1.807, 2.05) is 54.6 Å². The Kier molecular flexibility index (Phi) is 6.99. The highest BCUT2D eigenvalue weighted by molar-refractivity contribution is 6.33. The smallest absolute Gasteiger partial charge is 0.282 e. The molecule has 188 valence electrons. The van der Waals surface area contributed by atoms with E-state index in [0.717, 1.165) is 11.1 Å². The Hall–Kier alpha value is -5.17. The molecular formula is C31H25N3O4. The van der Waals surface area contributed by atoms with Crippen molar-refractivity contribution in [2.24, 2.45) is 4.99 Å². The molecule has 1 aliphatic rings. The van der Waals surface area contributed by atoms with E-state index in [9.17, 15) is 9.59 Å². The number of nitrogens with zero attached hydrogens (tertiary/aromatic N) is 2. The molecule has 0 fully saturated rings. The molecule has 1 aliphatic heterocycles. The van der Waals surface area contributed by atoms with Gasteiger partial charge in [0.25, 0.3) is 11.8 Å². The van der Waals surface area contributed by atoms with Crippen LogP contribution in [-0.4, -0.2) is 31.9 Å². The van der Waals surface area contributed by atoms with Gasteiger partial charge in [0.2, 0.25) is 0 Å². The lowest BCUT2D eigenvalue weighted by molar-refractivity contribution is -0.113. The number of para-hydroxylation sites is 1. The summed E-state index contributed by atoms with van der Waals surface area (Å²) in [4.78, 5) is 32.7. The van der Waals surface area contributed by atoms with E-state index in [1.165, 1.54) is 0 Å². The molecule has 0 saturated heterocycles. The van der Waals surface area contributed by atoms with Crippen LogP contribution in [0.4, 0.5) is 11.4 Å². The van der Waals surface area contributed by atoms with Crippen molar-refractivity contribution in [3.05, 3.63) is 126 Å². The maximum Gasteiger partial charge on any atom is 0.282 e. The largest absolute Gasteiger partial charge is 0.497 e. The number of benzene rings is 4. The highest BCUT2D eigenvalue weighted by Gasteiger charge is 2.32. The first-order valence-electron chi connectivity index (χ1n) is 12.0. The number of carbonyl (C=O) groups excluding carboxylic acids is 2. The van der Waals surface area contributed by atoms with Crippen LogP contribution in [0.15, 0.2) is 114 Å². The number of ether oxygens (including phenoxy) is 2. The van der Waals surface area contributed by atoms with Gasteiger partial charge in [0.15, 0.2) is 0 Å². The molecule has 1 heterocycles. The summed E-state index contributed by atoms with van der Waals surface area (Å²) in [5.41, 5.74) is 3.54. The Morgan fingerprint density at radius 3 is 2.18 bits per heavy atom. The van der Waals surface area contributed by atoms with Crippen LogP contribution >= 0.6 is 0 Å². The van der Waals surface area contributed by atoms with E-state index in [-0.39, 0.29) is 17.5 Å². The van der Waals surface area contributed by atoms with Crippen LogP contribution in [0, 0.1) is 0 Å². The van der Waals surface area contributed by atoms with Gasteiger partial charge in [-0.25, -0.2) is 4.99 Å². The molecule has 1 N–H and O–H groups in total. The number of aliphatic imine (C=N–C) groups is 1. The number of methoxy groups -OCH3 is 2. The molecule has 0 atom stereocenters. The molecular weight excluding hydrogens is 478 g/mol. The van der Waals surface area contributed by atoms with Crippen molar-refractivity contribution >= 4 is 35.1 Å². The summed E-state index contributed by atoms with van der Waals surface area (Å²) in [5.74, 6) is 1.33. The lowest BCUT2D eigenvalue weighted by Crippen LogP contribution is -2.32. The predicted molar refractivity (Wildman–Crippen MR) is 149 cm³/mol. The number of rotatable bonds is 7. The molecule has 7 heteroatoms. The van der Waals surface area contributed by atoms with Gasteiger partial charge in [0.1, 0.15) is 23.0 Å². The van der Waals surface area contributed by atoms with Crippen LogP contribution in [0.2, 0.25) is 0 Å².